The Labute approximate surface area is 106 Å². The van der Waals surface area contributed by atoms with E-state index in [9.17, 15) is 23.1 Å². The second kappa shape index (κ2) is 7.26. The summed E-state index contributed by atoms with van der Waals surface area (Å²) in [7, 11) is 0. The third kappa shape index (κ3) is 5.85. The third-order valence-electron chi connectivity index (χ3n) is 2.00. The smallest absolute Gasteiger partial charge is 0.475 e. The van der Waals surface area contributed by atoms with Crippen LogP contribution < -0.4 is 5.32 Å². The van der Waals surface area contributed by atoms with Gasteiger partial charge in [-0.1, -0.05) is 0 Å². The molecule has 0 saturated carbocycles. The normalized spacial score (nSPS) is 26.3. The molecule has 4 N–H and O–H groups in total. The summed E-state index contributed by atoms with van der Waals surface area (Å²) in [5.41, 5.74) is 0. The summed E-state index contributed by atoms with van der Waals surface area (Å²) in [4.78, 5) is 20.0. The molecule has 1 amide bonds. The van der Waals surface area contributed by atoms with E-state index in [1.54, 1.807) is 6.92 Å². The number of carboxylic acids is 1. The van der Waals surface area contributed by atoms with Crippen LogP contribution in [0, 0.1) is 0 Å². The van der Waals surface area contributed by atoms with Crippen molar-refractivity contribution in [1.82, 2.24) is 5.32 Å². The van der Waals surface area contributed by atoms with Gasteiger partial charge >= 0.3 is 12.1 Å². The molecule has 1 aliphatic heterocycles. The Hall–Kier alpha value is -1.39. The minimum atomic E-state index is -5.08. The van der Waals surface area contributed by atoms with Gasteiger partial charge in [-0.2, -0.15) is 13.2 Å². The van der Waals surface area contributed by atoms with Crippen molar-refractivity contribution in [2.24, 2.45) is 0 Å². The highest BCUT2D eigenvalue weighted by atomic mass is 19.4. The van der Waals surface area contributed by atoms with Crippen molar-refractivity contribution in [3.63, 3.8) is 0 Å². The SMILES string of the molecule is CCNC(=O)C1OCC(O)C1O.O=C(O)C(F)(F)F. The first-order chi connectivity index (χ1) is 8.61. The van der Waals surface area contributed by atoms with E-state index in [1.165, 1.54) is 0 Å². The Morgan fingerprint density at radius 1 is 1.37 bits per heavy atom. The Morgan fingerprint density at radius 3 is 2.11 bits per heavy atom. The summed E-state index contributed by atoms with van der Waals surface area (Å²) < 4.78 is 36.6. The summed E-state index contributed by atoms with van der Waals surface area (Å²) in [5.74, 6) is -3.13. The number of nitrogens with one attached hydrogen (secondary N) is 1. The maximum atomic E-state index is 11.1. The minimum absolute atomic E-state index is 0.0168. The van der Waals surface area contributed by atoms with Crippen LogP contribution in [-0.2, 0) is 14.3 Å². The summed E-state index contributed by atoms with van der Waals surface area (Å²) in [6.45, 7) is 2.28. The van der Waals surface area contributed by atoms with Crippen molar-refractivity contribution in [2.45, 2.75) is 31.4 Å². The first-order valence-corrected chi connectivity index (χ1v) is 5.16. The highest BCUT2D eigenvalue weighted by Gasteiger charge is 2.39. The molecule has 112 valence electrons. The molecule has 0 aromatic rings. The minimum Gasteiger partial charge on any atom is -0.475 e. The number of ether oxygens (including phenoxy) is 1. The Balaban J connectivity index is 0.000000399. The molecule has 0 aliphatic carbocycles. The quantitative estimate of drug-likeness (QED) is 0.511. The highest BCUT2D eigenvalue weighted by Crippen LogP contribution is 2.14. The zero-order chi connectivity index (χ0) is 15.2. The molecule has 0 spiro atoms. The van der Waals surface area contributed by atoms with E-state index >= 15 is 0 Å². The molecule has 3 unspecified atom stereocenters. The molecule has 1 aliphatic rings. The molecule has 0 radical (unpaired) electrons. The Morgan fingerprint density at radius 2 is 1.84 bits per heavy atom. The molecule has 1 fully saturated rings. The van der Waals surface area contributed by atoms with Crippen LogP contribution in [0.5, 0.6) is 0 Å². The lowest BCUT2D eigenvalue weighted by Gasteiger charge is -2.13. The molecule has 3 atom stereocenters. The second-order valence-corrected chi connectivity index (χ2v) is 3.51. The zero-order valence-electron chi connectivity index (χ0n) is 9.85. The van der Waals surface area contributed by atoms with Crippen LogP contribution in [0.25, 0.3) is 0 Å². The molecule has 1 rings (SSSR count). The Kier molecular flexibility index (Phi) is 6.73. The van der Waals surface area contributed by atoms with E-state index in [0.717, 1.165) is 0 Å². The topological polar surface area (TPSA) is 116 Å². The maximum Gasteiger partial charge on any atom is 0.490 e. The van der Waals surface area contributed by atoms with E-state index in [0.29, 0.717) is 6.54 Å². The van der Waals surface area contributed by atoms with Crippen molar-refractivity contribution in [3.05, 3.63) is 0 Å². The number of carbonyl (C=O) groups excluding carboxylic acids is 1. The monoisotopic (exact) mass is 289 g/mol. The number of aliphatic hydroxyl groups is 2. The van der Waals surface area contributed by atoms with Crippen LogP contribution in [0.1, 0.15) is 6.92 Å². The first-order valence-electron chi connectivity index (χ1n) is 5.16. The average molecular weight is 289 g/mol. The van der Waals surface area contributed by atoms with E-state index in [-0.39, 0.29) is 12.5 Å². The number of hydrogen-bond acceptors (Lipinski definition) is 5. The van der Waals surface area contributed by atoms with Crippen LogP contribution in [0.2, 0.25) is 0 Å². The van der Waals surface area contributed by atoms with Gasteiger partial charge in [0.25, 0.3) is 5.91 Å². The molecular formula is C9H14F3NO6. The fourth-order valence-corrected chi connectivity index (χ4v) is 1.11. The summed E-state index contributed by atoms with van der Waals surface area (Å²) in [6.07, 6.45) is -8.05. The van der Waals surface area contributed by atoms with Crippen LogP contribution in [-0.4, -0.2) is 64.8 Å². The fourth-order valence-electron chi connectivity index (χ4n) is 1.11. The van der Waals surface area contributed by atoms with E-state index < -0.39 is 30.5 Å². The van der Waals surface area contributed by atoms with Gasteiger partial charge in [0.15, 0.2) is 6.10 Å². The lowest BCUT2D eigenvalue weighted by molar-refractivity contribution is -0.192. The van der Waals surface area contributed by atoms with Gasteiger partial charge in [-0.25, -0.2) is 4.79 Å². The van der Waals surface area contributed by atoms with Crippen LogP contribution in [0.15, 0.2) is 0 Å². The number of halogens is 3. The number of rotatable bonds is 2. The predicted octanol–water partition coefficient (Wildman–Crippen LogP) is -1.12. The molecule has 0 aromatic heterocycles. The molecule has 1 saturated heterocycles. The molecule has 19 heavy (non-hydrogen) atoms. The molecular weight excluding hydrogens is 275 g/mol. The first kappa shape index (κ1) is 17.6. The molecule has 7 nitrogen and oxygen atoms in total. The van der Waals surface area contributed by atoms with Gasteiger partial charge in [0, 0.05) is 6.54 Å². The molecule has 0 bridgehead atoms. The third-order valence-corrected chi connectivity index (χ3v) is 2.00. The summed E-state index contributed by atoms with van der Waals surface area (Å²) in [5, 5.41) is 27.9. The number of hydrogen-bond donors (Lipinski definition) is 4. The number of amides is 1. The predicted molar refractivity (Wildman–Crippen MR) is 54.1 cm³/mol. The molecule has 1 heterocycles. The van der Waals surface area contributed by atoms with Gasteiger partial charge in [-0.15, -0.1) is 0 Å². The van der Waals surface area contributed by atoms with Gasteiger partial charge < -0.3 is 25.4 Å². The van der Waals surface area contributed by atoms with Crippen LogP contribution in [0.4, 0.5) is 13.2 Å². The number of aliphatic carboxylic acids is 1. The van der Waals surface area contributed by atoms with E-state index in [2.05, 4.69) is 5.32 Å². The summed E-state index contributed by atoms with van der Waals surface area (Å²) >= 11 is 0. The van der Waals surface area contributed by atoms with Crippen molar-refractivity contribution in [2.75, 3.05) is 13.2 Å². The van der Waals surface area contributed by atoms with Gasteiger partial charge in [-0.05, 0) is 6.92 Å². The number of carboxylic acid groups (broad SMARTS) is 1. The molecule has 0 aromatic carbocycles. The lowest BCUT2D eigenvalue weighted by atomic mass is 10.1. The van der Waals surface area contributed by atoms with Crippen molar-refractivity contribution < 1.29 is 42.8 Å². The van der Waals surface area contributed by atoms with Crippen molar-refractivity contribution in [1.29, 1.82) is 0 Å². The fraction of sp³-hybridized carbons (Fsp3) is 0.778. The maximum absolute atomic E-state index is 11.1. The number of carbonyl (C=O) groups is 2. The van der Waals surface area contributed by atoms with Gasteiger partial charge in [0.05, 0.1) is 6.61 Å². The number of alkyl halides is 3. The Bertz CT molecular complexity index is 322. The van der Waals surface area contributed by atoms with Crippen LogP contribution >= 0.6 is 0 Å². The van der Waals surface area contributed by atoms with E-state index in [1.807, 2.05) is 0 Å². The highest BCUT2D eigenvalue weighted by molar-refractivity contribution is 5.81. The van der Waals surface area contributed by atoms with E-state index in [4.69, 9.17) is 19.7 Å². The van der Waals surface area contributed by atoms with Gasteiger partial charge in [0.2, 0.25) is 0 Å². The van der Waals surface area contributed by atoms with Crippen molar-refractivity contribution in [3.8, 4) is 0 Å². The summed E-state index contributed by atoms with van der Waals surface area (Å²) in [6, 6.07) is 0. The number of likely N-dealkylation sites (N-methyl/N-ethyl adjacent to an activating group) is 1. The van der Waals surface area contributed by atoms with Gasteiger partial charge in [0.1, 0.15) is 12.2 Å². The van der Waals surface area contributed by atoms with Gasteiger partial charge in [-0.3, -0.25) is 4.79 Å². The second-order valence-electron chi connectivity index (χ2n) is 3.51. The molecule has 10 heteroatoms. The zero-order valence-corrected chi connectivity index (χ0v) is 9.85. The standard InChI is InChI=1S/C7H13NO4.C2HF3O2/c1-2-8-7(11)6-5(10)4(9)3-12-6;3-2(4,5)1(6)7/h4-6,9-10H,2-3H2,1H3,(H,8,11);(H,6,7). The number of aliphatic hydroxyl groups excluding tert-OH is 2. The van der Waals surface area contributed by atoms with Crippen molar-refractivity contribution >= 4 is 11.9 Å². The largest absolute Gasteiger partial charge is 0.490 e. The van der Waals surface area contributed by atoms with Crippen LogP contribution in [0.3, 0.4) is 0 Å². The lowest BCUT2D eigenvalue weighted by Crippen LogP contribution is -2.42. The average Bonchev–Trinajstić information content (AvgIpc) is 2.59.